The first-order valence-corrected chi connectivity index (χ1v) is 10.7. The molecule has 12 heteroatoms. The second-order valence-corrected chi connectivity index (χ2v) is 8.58. The molecule has 0 aliphatic carbocycles. The quantitative estimate of drug-likeness (QED) is 0.534. The van der Waals surface area contributed by atoms with Crippen LogP contribution in [0.25, 0.3) is 0 Å². The van der Waals surface area contributed by atoms with Crippen LogP contribution >= 0.6 is 0 Å². The fourth-order valence-corrected chi connectivity index (χ4v) is 3.95. The van der Waals surface area contributed by atoms with Crippen molar-refractivity contribution in [2.24, 2.45) is 0 Å². The SMILES string of the molecule is COc1cc([C@H](CC(=O)O)NS(=O)(=O)c2ccc(OC(F)(F)F)cc2)ccc1OC(C)C. The summed E-state index contributed by atoms with van der Waals surface area (Å²) in [4.78, 5) is 11.0. The molecule has 0 saturated heterocycles. The predicted molar refractivity (Wildman–Crippen MR) is 107 cm³/mol. The van der Waals surface area contributed by atoms with Gasteiger partial charge in [0.25, 0.3) is 0 Å². The summed E-state index contributed by atoms with van der Waals surface area (Å²) >= 11 is 0. The highest BCUT2D eigenvalue weighted by Gasteiger charge is 2.31. The van der Waals surface area contributed by atoms with Gasteiger partial charge in [-0.2, -0.15) is 0 Å². The number of hydrogen-bond acceptors (Lipinski definition) is 6. The Labute approximate surface area is 183 Å². The highest BCUT2D eigenvalue weighted by molar-refractivity contribution is 7.89. The summed E-state index contributed by atoms with van der Waals surface area (Å²) in [7, 11) is -2.90. The number of alkyl halides is 3. The minimum absolute atomic E-state index is 0.160. The Morgan fingerprint density at radius 2 is 1.72 bits per heavy atom. The van der Waals surface area contributed by atoms with Crippen molar-refractivity contribution in [1.82, 2.24) is 4.72 Å². The van der Waals surface area contributed by atoms with Crippen molar-refractivity contribution < 1.29 is 45.7 Å². The van der Waals surface area contributed by atoms with Gasteiger partial charge in [0.1, 0.15) is 5.75 Å². The van der Waals surface area contributed by atoms with Crippen LogP contribution in [-0.4, -0.2) is 39.1 Å². The van der Waals surface area contributed by atoms with E-state index in [1.54, 1.807) is 13.8 Å². The summed E-state index contributed by atoms with van der Waals surface area (Å²) in [5, 5.41) is 9.24. The monoisotopic (exact) mass is 477 g/mol. The van der Waals surface area contributed by atoms with E-state index in [0.29, 0.717) is 11.3 Å². The van der Waals surface area contributed by atoms with Gasteiger partial charge in [-0.3, -0.25) is 4.79 Å². The fourth-order valence-electron chi connectivity index (χ4n) is 2.73. The maximum absolute atomic E-state index is 12.7. The molecular weight excluding hydrogens is 455 g/mol. The normalized spacial score (nSPS) is 13.0. The molecule has 1 atom stereocenters. The fraction of sp³-hybridized carbons (Fsp3) is 0.350. The Morgan fingerprint density at radius 1 is 1.09 bits per heavy atom. The molecule has 0 fully saturated rings. The molecule has 0 aliphatic heterocycles. The maximum atomic E-state index is 12.7. The van der Waals surface area contributed by atoms with Crippen molar-refractivity contribution in [1.29, 1.82) is 0 Å². The molecule has 0 saturated carbocycles. The van der Waals surface area contributed by atoms with Gasteiger partial charge in [-0.25, -0.2) is 13.1 Å². The van der Waals surface area contributed by atoms with E-state index in [0.717, 1.165) is 24.3 Å². The Kier molecular flexibility index (Phi) is 7.97. The lowest BCUT2D eigenvalue weighted by Gasteiger charge is -2.20. The maximum Gasteiger partial charge on any atom is 0.573 e. The highest BCUT2D eigenvalue weighted by atomic mass is 32.2. The first kappa shape index (κ1) is 25.3. The molecule has 0 unspecified atom stereocenters. The number of carboxylic acid groups (broad SMARTS) is 1. The van der Waals surface area contributed by atoms with E-state index in [-0.39, 0.29) is 16.7 Å². The summed E-state index contributed by atoms with van der Waals surface area (Å²) in [6.07, 6.45) is -5.68. The zero-order valence-corrected chi connectivity index (χ0v) is 18.2. The minimum atomic E-state index is -4.92. The second kappa shape index (κ2) is 10.1. The molecule has 0 aliphatic rings. The van der Waals surface area contributed by atoms with Gasteiger partial charge in [0.2, 0.25) is 10.0 Å². The molecule has 2 rings (SSSR count). The van der Waals surface area contributed by atoms with Gasteiger partial charge in [0.15, 0.2) is 11.5 Å². The van der Waals surface area contributed by atoms with E-state index in [1.165, 1.54) is 25.3 Å². The third-order valence-corrected chi connectivity index (χ3v) is 5.48. The van der Waals surface area contributed by atoms with Crippen molar-refractivity contribution in [3.8, 4) is 17.2 Å². The lowest BCUT2D eigenvalue weighted by molar-refractivity contribution is -0.274. The van der Waals surface area contributed by atoms with Crippen LogP contribution in [0.1, 0.15) is 31.9 Å². The van der Waals surface area contributed by atoms with Crippen LogP contribution in [0, 0.1) is 0 Å². The standard InChI is InChI=1S/C20H22F3NO7S/c1-12(2)30-17-9-4-13(10-18(17)29-3)16(11-19(25)26)24-32(27,28)15-7-5-14(6-8-15)31-20(21,22)23/h4-10,12,16,24H,11H2,1-3H3,(H,25,26)/t16-/m0/s1. The molecule has 0 spiro atoms. The van der Waals surface area contributed by atoms with Gasteiger partial charge < -0.3 is 19.3 Å². The van der Waals surface area contributed by atoms with Crippen molar-refractivity contribution in [3.63, 3.8) is 0 Å². The van der Waals surface area contributed by atoms with Crippen LogP contribution in [0.5, 0.6) is 17.2 Å². The molecule has 2 N–H and O–H groups in total. The first-order valence-electron chi connectivity index (χ1n) is 9.25. The number of rotatable bonds is 10. The summed E-state index contributed by atoms with van der Waals surface area (Å²) in [5.41, 5.74) is 0.293. The van der Waals surface area contributed by atoms with Crippen molar-refractivity contribution >= 4 is 16.0 Å². The molecule has 2 aromatic rings. The van der Waals surface area contributed by atoms with E-state index in [2.05, 4.69) is 9.46 Å². The van der Waals surface area contributed by atoms with E-state index < -0.39 is 40.6 Å². The number of nitrogens with one attached hydrogen (secondary N) is 1. The Bertz CT molecular complexity index is 1040. The number of sulfonamides is 1. The number of aliphatic carboxylic acids is 1. The van der Waals surface area contributed by atoms with Gasteiger partial charge in [0.05, 0.1) is 30.6 Å². The van der Waals surface area contributed by atoms with E-state index in [9.17, 15) is 31.5 Å². The van der Waals surface area contributed by atoms with E-state index >= 15 is 0 Å². The van der Waals surface area contributed by atoms with Crippen LogP contribution in [0.15, 0.2) is 47.4 Å². The van der Waals surface area contributed by atoms with Crippen molar-refractivity contribution in [2.45, 2.75) is 43.7 Å². The Morgan fingerprint density at radius 3 is 2.22 bits per heavy atom. The molecular formula is C20H22F3NO7S. The van der Waals surface area contributed by atoms with Crippen molar-refractivity contribution in [3.05, 3.63) is 48.0 Å². The first-order chi connectivity index (χ1) is 14.8. The average molecular weight is 477 g/mol. The Balaban J connectivity index is 2.33. The number of hydrogen-bond donors (Lipinski definition) is 2. The lowest BCUT2D eigenvalue weighted by atomic mass is 10.0. The van der Waals surface area contributed by atoms with Gasteiger partial charge in [-0.15, -0.1) is 13.2 Å². The number of halogens is 3. The molecule has 0 radical (unpaired) electrons. The number of methoxy groups -OCH3 is 1. The molecule has 0 heterocycles. The molecule has 0 aromatic heterocycles. The number of benzene rings is 2. The second-order valence-electron chi connectivity index (χ2n) is 6.87. The van der Waals surface area contributed by atoms with Crippen LogP contribution in [0.2, 0.25) is 0 Å². The molecule has 176 valence electrons. The van der Waals surface area contributed by atoms with E-state index in [1.807, 2.05) is 0 Å². The molecule has 2 aromatic carbocycles. The van der Waals surface area contributed by atoms with Gasteiger partial charge in [-0.1, -0.05) is 6.07 Å². The van der Waals surface area contributed by atoms with Crippen LogP contribution in [0.3, 0.4) is 0 Å². The highest BCUT2D eigenvalue weighted by Crippen LogP contribution is 2.33. The third kappa shape index (κ3) is 7.31. The number of carboxylic acids is 1. The third-order valence-electron chi connectivity index (χ3n) is 4.00. The molecule has 0 amide bonds. The summed E-state index contributed by atoms with van der Waals surface area (Å²) in [6.45, 7) is 3.61. The Hall–Kier alpha value is -2.99. The summed E-state index contributed by atoms with van der Waals surface area (Å²) < 4.78 is 79.2. The topological polar surface area (TPSA) is 111 Å². The van der Waals surface area contributed by atoms with Gasteiger partial charge in [-0.05, 0) is 55.8 Å². The molecule has 0 bridgehead atoms. The van der Waals surface area contributed by atoms with Crippen molar-refractivity contribution in [2.75, 3.05) is 7.11 Å². The average Bonchev–Trinajstić information content (AvgIpc) is 2.66. The minimum Gasteiger partial charge on any atom is -0.493 e. The van der Waals surface area contributed by atoms with Crippen LogP contribution in [0.4, 0.5) is 13.2 Å². The summed E-state index contributed by atoms with van der Waals surface area (Å²) in [6, 6.07) is 6.81. The number of carbonyl (C=O) groups is 1. The smallest absolute Gasteiger partial charge is 0.493 e. The zero-order chi connectivity index (χ0) is 24.1. The molecule has 32 heavy (non-hydrogen) atoms. The largest absolute Gasteiger partial charge is 0.573 e. The zero-order valence-electron chi connectivity index (χ0n) is 17.3. The molecule has 8 nitrogen and oxygen atoms in total. The van der Waals surface area contributed by atoms with Crippen LogP contribution < -0.4 is 18.9 Å². The predicted octanol–water partition coefficient (Wildman–Crippen LogP) is 3.88. The van der Waals surface area contributed by atoms with Gasteiger partial charge in [0, 0.05) is 0 Å². The van der Waals surface area contributed by atoms with Crippen LogP contribution in [-0.2, 0) is 14.8 Å². The lowest BCUT2D eigenvalue weighted by Crippen LogP contribution is -2.30. The summed E-state index contributed by atoms with van der Waals surface area (Å²) in [5.74, 6) is -1.19. The van der Waals surface area contributed by atoms with Gasteiger partial charge >= 0.3 is 12.3 Å². The number of ether oxygens (including phenoxy) is 3. The van der Waals surface area contributed by atoms with E-state index in [4.69, 9.17) is 9.47 Å².